The van der Waals surface area contributed by atoms with Crippen molar-refractivity contribution in [2.75, 3.05) is 32.8 Å². The van der Waals surface area contributed by atoms with Crippen molar-refractivity contribution in [3.63, 3.8) is 0 Å². The third kappa shape index (κ3) is 4.05. The molecule has 0 unspecified atom stereocenters. The fraction of sp³-hybridized carbons (Fsp3) is 0.619. The lowest BCUT2D eigenvalue weighted by Gasteiger charge is -2.37. The van der Waals surface area contributed by atoms with Crippen LogP contribution in [0.2, 0.25) is 5.02 Å². The molecule has 1 aromatic rings. The Labute approximate surface area is 166 Å². The highest BCUT2D eigenvalue weighted by atomic mass is 35.5. The molecule has 3 aliphatic rings. The van der Waals surface area contributed by atoms with E-state index in [1.807, 2.05) is 12.1 Å². The zero-order chi connectivity index (χ0) is 18.9. The van der Waals surface area contributed by atoms with Crippen molar-refractivity contribution in [1.82, 2.24) is 14.7 Å². The number of halogens is 1. The van der Waals surface area contributed by atoms with Gasteiger partial charge in [0.15, 0.2) is 0 Å². The lowest BCUT2D eigenvalue weighted by atomic mass is 9.73. The molecule has 0 bridgehead atoms. The molecule has 2 amide bonds. The number of nitrogens with zero attached hydrogens (tertiary/aromatic N) is 3. The second-order valence-corrected chi connectivity index (χ2v) is 8.74. The summed E-state index contributed by atoms with van der Waals surface area (Å²) in [7, 11) is 0. The van der Waals surface area contributed by atoms with Crippen molar-refractivity contribution >= 4 is 23.4 Å². The van der Waals surface area contributed by atoms with Gasteiger partial charge in [0, 0.05) is 44.2 Å². The third-order valence-corrected chi connectivity index (χ3v) is 6.68. The summed E-state index contributed by atoms with van der Waals surface area (Å²) in [6.07, 6.45) is 5.57. The molecule has 2 saturated heterocycles. The van der Waals surface area contributed by atoms with Crippen LogP contribution < -0.4 is 0 Å². The fourth-order valence-electron chi connectivity index (χ4n) is 4.76. The van der Waals surface area contributed by atoms with Gasteiger partial charge in [-0.2, -0.15) is 0 Å². The smallest absolute Gasteiger partial charge is 0.237 e. The fourth-order valence-corrected chi connectivity index (χ4v) is 4.89. The lowest BCUT2D eigenvalue weighted by Crippen LogP contribution is -2.51. The Morgan fingerprint density at radius 1 is 0.889 bits per heavy atom. The standard InChI is InChI=1S/C21H28ClN3O2/c22-18-6-4-17(5-7-18)15-23-10-12-24(13-11-23)16-25-19(26)14-21(20(25)27)8-2-1-3-9-21/h4-7H,1-3,8-16H2. The molecule has 5 nitrogen and oxygen atoms in total. The number of carbonyl (C=O) groups is 2. The number of likely N-dealkylation sites (tertiary alicyclic amines) is 1. The number of piperazine rings is 1. The summed E-state index contributed by atoms with van der Waals surface area (Å²) in [5.41, 5.74) is 0.892. The van der Waals surface area contributed by atoms with Gasteiger partial charge in [-0.25, -0.2) is 0 Å². The lowest BCUT2D eigenvalue weighted by molar-refractivity contribution is -0.145. The van der Waals surface area contributed by atoms with Crippen LogP contribution in [0.25, 0.3) is 0 Å². The largest absolute Gasteiger partial charge is 0.297 e. The molecule has 3 fully saturated rings. The molecule has 1 aliphatic carbocycles. The van der Waals surface area contributed by atoms with E-state index >= 15 is 0 Å². The van der Waals surface area contributed by atoms with Crippen LogP contribution in [0, 0.1) is 5.41 Å². The van der Waals surface area contributed by atoms with E-state index in [4.69, 9.17) is 11.6 Å². The van der Waals surface area contributed by atoms with E-state index in [1.165, 1.54) is 12.0 Å². The van der Waals surface area contributed by atoms with E-state index in [0.717, 1.165) is 63.4 Å². The van der Waals surface area contributed by atoms with Gasteiger partial charge in [-0.3, -0.25) is 24.3 Å². The summed E-state index contributed by atoms with van der Waals surface area (Å²) in [5.74, 6) is 0.126. The predicted molar refractivity (Wildman–Crippen MR) is 105 cm³/mol. The monoisotopic (exact) mass is 389 g/mol. The summed E-state index contributed by atoms with van der Waals surface area (Å²) in [4.78, 5) is 31.7. The van der Waals surface area contributed by atoms with E-state index in [9.17, 15) is 9.59 Å². The van der Waals surface area contributed by atoms with Gasteiger partial charge in [-0.1, -0.05) is 43.0 Å². The van der Waals surface area contributed by atoms with E-state index < -0.39 is 0 Å². The summed E-state index contributed by atoms with van der Waals surface area (Å²) in [6, 6.07) is 8.00. The Morgan fingerprint density at radius 3 is 2.19 bits per heavy atom. The SMILES string of the molecule is O=C1CC2(CCCCC2)C(=O)N1CN1CCN(Cc2ccc(Cl)cc2)CC1. The first-order valence-corrected chi connectivity index (χ1v) is 10.5. The molecule has 6 heteroatoms. The minimum Gasteiger partial charge on any atom is -0.297 e. The van der Waals surface area contributed by atoms with Gasteiger partial charge >= 0.3 is 0 Å². The average molecular weight is 390 g/mol. The normalized spacial score (nSPS) is 24.1. The maximum atomic E-state index is 13.0. The molecular weight excluding hydrogens is 362 g/mol. The predicted octanol–water partition coefficient (Wildman–Crippen LogP) is 3.12. The van der Waals surface area contributed by atoms with Gasteiger partial charge in [-0.15, -0.1) is 0 Å². The Bertz CT molecular complexity index is 692. The number of benzene rings is 1. The molecule has 0 aromatic heterocycles. The number of amides is 2. The molecule has 1 aromatic carbocycles. The molecule has 27 heavy (non-hydrogen) atoms. The second-order valence-electron chi connectivity index (χ2n) is 8.31. The summed E-state index contributed by atoms with van der Waals surface area (Å²) < 4.78 is 0. The quantitative estimate of drug-likeness (QED) is 0.742. The molecule has 2 heterocycles. The Kier molecular flexibility index (Phi) is 5.53. The summed E-state index contributed by atoms with van der Waals surface area (Å²) in [6.45, 7) is 5.05. The molecule has 1 saturated carbocycles. The summed E-state index contributed by atoms with van der Waals surface area (Å²) >= 11 is 5.95. The zero-order valence-corrected chi connectivity index (χ0v) is 16.6. The van der Waals surface area contributed by atoms with E-state index in [-0.39, 0.29) is 17.2 Å². The van der Waals surface area contributed by atoms with E-state index in [0.29, 0.717) is 13.1 Å². The second kappa shape index (κ2) is 7.90. The first-order chi connectivity index (χ1) is 13.1. The van der Waals surface area contributed by atoms with Crippen LogP contribution in [-0.2, 0) is 16.1 Å². The van der Waals surface area contributed by atoms with Crippen LogP contribution >= 0.6 is 11.6 Å². The Hall–Kier alpha value is -1.43. The highest BCUT2D eigenvalue weighted by Crippen LogP contribution is 2.45. The summed E-state index contributed by atoms with van der Waals surface area (Å²) in [5, 5.41) is 0.763. The Balaban J connectivity index is 1.29. The van der Waals surface area contributed by atoms with Crippen molar-refractivity contribution in [1.29, 1.82) is 0 Å². The average Bonchev–Trinajstić information content (AvgIpc) is 2.90. The van der Waals surface area contributed by atoms with E-state index in [1.54, 1.807) is 4.90 Å². The van der Waals surface area contributed by atoms with Crippen LogP contribution in [0.1, 0.15) is 44.1 Å². The van der Waals surface area contributed by atoms with Crippen molar-refractivity contribution in [3.8, 4) is 0 Å². The molecule has 1 spiro atoms. The van der Waals surface area contributed by atoms with Crippen LogP contribution in [-0.4, -0.2) is 59.4 Å². The van der Waals surface area contributed by atoms with Gasteiger partial charge in [0.1, 0.15) is 0 Å². The molecule has 0 N–H and O–H groups in total. The van der Waals surface area contributed by atoms with Gasteiger partial charge in [0.25, 0.3) is 0 Å². The van der Waals surface area contributed by atoms with Crippen LogP contribution in [0.5, 0.6) is 0 Å². The van der Waals surface area contributed by atoms with Crippen LogP contribution in [0.15, 0.2) is 24.3 Å². The van der Waals surface area contributed by atoms with Crippen LogP contribution in [0.3, 0.4) is 0 Å². The number of hydrogen-bond acceptors (Lipinski definition) is 4. The minimum atomic E-state index is -0.369. The maximum absolute atomic E-state index is 13.0. The van der Waals surface area contributed by atoms with Gasteiger partial charge in [0.05, 0.1) is 12.1 Å². The number of rotatable bonds is 4. The van der Waals surface area contributed by atoms with Crippen molar-refractivity contribution < 1.29 is 9.59 Å². The zero-order valence-electron chi connectivity index (χ0n) is 15.8. The first kappa shape index (κ1) is 18.9. The number of carbonyl (C=O) groups excluding carboxylic acids is 2. The first-order valence-electron chi connectivity index (χ1n) is 10.1. The third-order valence-electron chi connectivity index (χ3n) is 6.43. The van der Waals surface area contributed by atoms with Crippen molar-refractivity contribution in [3.05, 3.63) is 34.9 Å². The number of hydrogen-bond donors (Lipinski definition) is 0. The molecule has 0 atom stereocenters. The highest BCUT2D eigenvalue weighted by molar-refractivity contribution is 6.30. The topological polar surface area (TPSA) is 43.9 Å². The highest BCUT2D eigenvalue weighted by Gasteiger charge is 2.51. The maximum Gasteiger partial charge on any atom is 0.237 e. The van der Waals surface area contributed by atoms with Crippen LogP contribution in [0.4, 0.5) is 0 Å². The molecular formula is C21H28ClN3O2. The Morgan fingerprint density at radius 2 is 1.52 bits per heavy atom. The van der Waals surface area contributed by atoms with Gasteiger partial charge < -0.3 is 0 Å². The minimum absolute atomic E-state index is 0.0329. The van der Waals surface area contributed by atoms with Crippen molar-refractivity contribution in [2.45, 2.75) is 45.1 Å². The molecule has 0 radical (unpaired) electrons. The molecule has 146 valence electrons. The number of imide groups is 1. The van der Waals surface area contributed by atoms with Crippen molar-refractivity contribution in [2.24, 2.45) is 5.41 Å². The van der Waals surface area contributed by atoms with Gasteiger partial charge in [0.2, 0.25) is 11.8 Å². The van der Waals surface area contributed by atoms with E-state index in [2.05, 4.69) is 21.9 Å². The molecule has 4 rings (SSSR count). The molecule has 2 aliphatic heterocycles. The van der Waals surface area contributed by atoms with Gasteiger partial charge in [-0.05, 0) is 30.5 Å².